The van der Waals surface area contributed by atoms with Crippen LogP contribution in [-0.2, 0) is 4.74 Å². The summed E-state index contributed by atoms with van der Waals surface area (Å²) < 4.78 is 5.57. The maximum absolute atomic E-state index is 12.6. The third-order valence-corrected chi connectivity index (χ3v) is 7.82. The van der Waals surface area contributed by atoms with Gasteiger partial charge in [0.25, 0.3) is 0 Å². The fourth-order valence-electron chi connectivity index (χ4n) is 5.27. The van der Waals surface area contributed by atoms with E-state index in [1.54, 1.807) is 4.90 Å². The van der Waals surface area contributed by atoms with Gasteiger partial charge in [-0.25, -0.2) is 14.8 Å². The Morgan fingerprint density at radius 2 is 1.77 bits per heavy atom. The predicted molar refractivity (Wildman–Crippen MR) is 154 cm³/mol. The third-order valence-electron chi connectivity index (χ3n) is 7.82. The van der Waals surface area contributed by atoms with Gasteiger partial charge in [0.1, 0.15) is 17.2 Å². The van der Waals surface area contributed by atoms with Gasteiger partial charge < -0.3 is 15.0 Å². The zero-order valence-corrected chi connectivity index (χ0v) is 23.4. The third kappa shape index (κ3) is 6.85. The van der Waals surface area contributed by atoms with Gasteiger partial charge in [0.15, 0.2) is 0 Å². The SMILES string of the molecule is CC(C)(C)OC(=O)N1CC=C(c2cc(C3=CCN(CC4CC4)CC3)cc(Nc3cnc(C4CC4)cn3)n2)CC1. The zero-order valence-electron chi connectivity index (χ0n) is 23.4. The van der Waals surface area contributed by atoms with Crippen molar-refractivity contribution in [2.45, 2.75) is 70.8 Å². The molecule has 0 aromatic carbocycles. The second-order valence-corrected chi connectivity index (χ2v) is 12.4. The summed E-state index contributed by atoms with van der Waals surface area (Å²) in [5, 5.41) is 3.41. The molecule has 4 aliphatic rings. The monoisotopic (exact) mass is 528 g/mol. The van der Waals surface area contributed by atoms with Gasteiger partial charge in [-0.15, -0.1) is 0 Å². The highest BCUT2D eigenvalue weighted by molar-refractivity contribution is 5.76. The lowest BCUT2D eigenvalue weighted by atomic mass is 9.96. The first-order valence-corrected chi connectivity index (χ1v) is 14.5. The van der Waals surface area contributed by atoms with E-state index < -0.39 is 5.60 Å². The largest absolute Gasteiger partial charge is 0.444 e. The van der Waals surface area contributed by atoms with Gasteiger partial charge in [-0.2, -0.15) is 0 Å². The number of rotatable bonds is 7. The summed E-state index contributed by atoms with van der Waals surface area (Å²) in [5.41, 5.74) is 5.25. The molecule has 39 heavy (non-hydrogen) atoms. The number of carbonyl (C=O) groups is 1. The lowest BCUT2D eigenvalue weighted by Crippen LogP contribution is -2.39. The van der Waals surface area contributed by atoms with Crippen molar-refractivity contribution in [3.05, 3.63) is 53.6 Å². The first-order valence-electron chi connectivity index (χ1n) is 14.5. The van der Waals surface area contributed by atoms with Crippen LogP contribution in [-0.4, -0.2) is 69.2 Å². The molecule has 8 heteroatoms. The quantitative estimate of drug-likeness (QED) is 0.471. The summed E-state index contributed by atoms with van der Waals surface area (Å²) in [5.74, 6) is 2.97. The average molecular weight is 529 g/mol. The Morgan fingerprint density at radius 1 is 0.974 bits per heavy atom. The Kier molecular flexibility index (Phi) is 7.14. The highest BCUT2D eigenvalue weighted by Gasteiger charge is 2.27. The number of carbonyl (C=O) groups excluding carboxylic acids is 1. The molecule has 0 bridgehead atoms. The standard InChI is InChI=1S/C31H40N6O2/c1-31(2,3)39-30(38)37-14-10-24(11-15-37)26-16-25(22-8-12-36(13-9-22)20-21-4-5-21)17-28(34-26)35-29-19-32-27(18-33-29)23-6-7-23/h8,10,16-19,21,23H,4-7,9,11-15,20H2,1-3H3,(H,33,34,35). The van der Waals surface area contributed by atoms with E-state index in [-0.39, 0.29) is 6.09 Å². The normalized spacial score (nSPS) is 20.3. The Balaban J connectivity index is 1.23. The van der Waals surface area contributed by atoms with Crippen molar-refractivity contribution in [3.63, 3.8) is 0 Å². The molecule has 0 unspecified atom stereocenters. The summed E-state index contributed by atoms with van der Waals surface area (Å²) in [6.07, 6.45) is 14.9. The van der Waals surface area contributed by atoms with Crippen molar-refractivity contribution in [1.29, 1.82) is 0 Å². The Morgan fingerprint density at radius 3 is 2.38 bits per heavy atom. The Hall–Kier alpha value is -3.26. The van der Waals surface area contributed by atoms with E-state index in [0.717, 1.165) is 54.6 Å². The van der Waals surface area contributed by atoms with Crippen molar-refractivity contribution in [2.24, 2.45) is 5.92 Å². The number of hydrogen-bond acceptors (Lipinski definition) is 7. The van der Waals surface area contributed by atoms with E-state index in [1.807, 2.05) is 33.2 Å². The molecule has 2 fully saturated rings. The summed E-state index contributed by atoms with van der Waals surface area (Å²) in [4.78, 5) is 31.1. The topological polar surface area (TPSA) is 83.5 Å². The molecule has 1 amide bonds. The van der Waals surface area contributed by atoms with Crippen molar-refractivity contribution in [3.8, 4) is 0 Å². The van der Waals surface area contributed by atoms with Gasteiger partial charge >= 0.3 is 6.09 Å². The van der Waals surface area contributed by atoms with Crippen molar-refractivity contribution in [2.75, 3.05) is 38.0 Å². The number of anilines is 2. The van der Waals surface area contributed by atoms with Gasteiger partial charge in [0.05, 0.1) is 23.8 Å². The van der Waals surface area contributed by atoms with Crippen molar-refractivity contribution in [1.82, 2.24) is 24.8 Å². The van der Waals surface area contributed by atoms with Crippen LogP contribution in [0.5, 0.6) is 0 Å². The molecule has 6 rings (SSSR count). The Bertz CT molecular complexity index is 1270. The molecule has 0 saturated heterocycles. The van der Waals surface area contributed by atoms with E-state index in [2.05, 4.69) is 44.5 Å². The molecule has 0 radical (unpaired) electrons. The van der Waals surface area contributed by atoms with E-state index >= 15 is 0 Å². The van der Waals surface area contributed by atoms with E-state index in [1.165, 1.54) is 43.4 Å². The van der Waals surface area contributed by atoms with Gasteiger partial charge in [0, 0.05) is 38.6 Å². The highest BCUT2D eigenvalue weighted by atomic mass is 16.6. The van der Waals surface area contributed by atoms with Gasteiger partial charge in [-0.05, 0) is 94.1 Å². The Labute approximate surface area is 231 Å². The molecule has 4 heterocycles. The van der Waals surface area contributed by atoms with Crippen LogP contribution in [0.15, 0.2) is 36.7 Å². The molecular formula is C31H40N6O2. The lowest BCUT2D eigenvalue weighted by molar-refractivity contribution is 0.0270. The van der Waals surface area contributed by atoms with Crippen LogP contribution in [0, 0.1) is 5.92 Å². The highest BCUT2D eigenvalue weighted by Crippen LogP contribution is 2.38. The van der Waals surface area contributed by atoms with Crippen LogP contribution in [0.4, 0.5) is 16.4 Å². The van der Waals surface area contributed by atoms with Crippen LogP contribution >= 0.6 is 0 Å². The first kappa shape index (κ1) is 26.0. The molecule has 2 aromatic rings. The first-order chi connectivity index (χ1) is 18.8. The molecular weight excluding hydrogens is 488 g/mol. The molecule has 1 N–H and O–H groups in total. The molecule has 2 aromatic heterocycles. The molecule has 0 spiro atoms. The maximum Gasteiger partial charge on any atom is 0.410 e. The number of pyridine rings is 1. The fraction of sp³-hybridized carbons (Fsp3) is 0.548. The minimum atomic E-state index is -0.501. The van der Waals surface area contributed by atoms with Gasteiger partial charge in [0.2, 0.25) is 0 Å². The van der Waals surface area contributed by atoms with Crippen LogP contribution < -0.4 is 5.32 Å². The number of hydrogen-bond donors (Lipinski definition) is 1. The van der Waals surface area contributed by atoms with Gasteiger partial charge in [-0.1, -0.05) is 12.2 Å². The van der Waals surface area contributed by atoms with Crippen LogP contribution in [0.1, 0.15) is 82.2 Å². The molecule has 2 saturated carbocycles. The summed E-state index contributed by atoms with van der Waals surface area (Å²) in [6.45, 7) is 10.2. The smallest absolute Gasteiger partial charge is 0.410 e. The van der Waals surface area contributed by atoms with E-state index in [9.17, 15) is 4.79 Å². The van der Waals surface area contributed by atoms with Crippen molar-refractivity contribution >= 4 is 28.9 Å². The minimum absolute atomic E-state index is 0.266. The van der Waals surface area contributed by atoms with Crippen LogP contribution in [0.25, 0.3) is 11.1 Å². The number of ether oxygens (including phenoxy) is 1. The number of aromatic nitrogens is 3. The maximum atomic E-state index is 12.6. The molecule has 8 nitrogen and oxygen atoms in total. The second-order valence-electron chi connectivity index (χ2n) is 12.4. The van der Waals surface area contributed by atoms with Crippen LogP contribution in [0.3, 0.4) is 0 Å². The number of amides is 1. The average Bonchev–Trinajstić information content (AvgIpc) is 3.84. The summed E-state index contributed by atoms with van der Waals surface area (Å²) in [7, 11) is 0. The molecule has 0 atom stereocenters. The summed E-state index contributed by atoms with van der Waals surface area (Å²) >= 11 is 0. The minimum Gasteiger partial charge on any atom is -0.444 e. The zero-order chi connectivity index (χ0) is 27.0. The van der Waals surface area contributed by atoms with E-state index in [0.29, 0.717) is 24.8 Å². The lowest BCUT2D eigenvalue weighted by Gasteiger charge is -2.30. The summed E-state index contributed by atoms with van der Waals surface area (Å²) in [6, 6.07) is 4.35. The fourth-order valence-corrected chi connectivity index (χ4v) is 5.27. The van der Waals surface area contributed by atoms with Gasteiger partial charge in [-0.3, -0.25) is 9.88 Å². The number of nitrogens with one attached hydrogen (secondary N) is 1. The predicted octanol–water partition coefficient (Wildman–Crippen LogP) is 6.02. The molecule has 2 aliphatic heterocycles. The molecule has 2 aliphatic carbocycles. The van der Waals surface area contributed by atoms with E-state index in [4.69, 9.17) is 9.72 Å². The number of nitrogens with zero attached hydrogens (tertiary/aromatic N) is 5. The molecule has 206 valence electrons. The van der Waals surface area contributed by atoms with Crippen LogP contribution in [0.2, 0.25) is 0 Å². The second kappa shape index (κ2) is 10.7. The van der Waals surface area contributed by atoms with Crippen molar-refractivity contribution < 1.29 is 9.53 Å².